The number of nitrogens with one attached hydrogen (secondary N) is 1. The van der Waals surface area contributed by atoms with E-state index in [9.17, 15) is 8.78 Å². The highest BCUT2D eigenvalue weighted by Gasteiger charge is 2.31. The topological polar surface area (TPSA) is 12.0 Å². The van der Waals surface area contributed by atoms with Crippen LogP contribution < -0.4 is 5.32 Å². The molecule has 0 radical (unpaired) electrons. The first-order chi connectivity index (χ1) is 7.92. The monoisotopic (exact) mass is 241 g/mol. The number of halogens is 2. The zero-order chi connectivity index (χ0) is 12.9. The quantitative estimate of drug-likeness (QED) is 0.798. The van der Waals surface area contributed by atoms with Gasteiger partial charge in [0.25, 0.3) is 5.92 Å². The summed E-state index contributed by atoms with van der Waals surface area (Å²) in [5.74, 6) is -2.28. The Morgan fingerprint density at radius 3 is 2.24 bits per heavy atom. The molecule has 0 aliphatic rings. The largest absolute Gasteiger partial charge is 0.308 e. The zero-order valence-corrected chi connectivity index (χ0v) is 10.7. The Labute approximate surface area is 102 Å². The average molecular weight is 241 g/mol. The van der Waals surface area contributed by atoms with Gasteiger partial charge in [-0.25, -0.2) is 0 Å². The summed E-state index contributed by atoms with van der Waals surface area (Å²) in [6.07, 6.45) is 0.908. The van der Waals surface area contributed by atoms with Crippen molar-refractivity contribution < 1.29 is 8.78 Å². The Balaban J connectivity index is 2.50. The average Bonchev–Trinajstić information content (AvgIpc) is 2.27. The maximum atomic E-state index is 13.8. The molecule has 0 heterocycles. The van der Waals surface area contributed by atoms with Crippen molar-refractivity contribution in [3.63, 3.8) is 0 Å². The van der Waals surface area contributed by atoms with Crippen LogP contribution in [0.1, 0.15) is 32.8 Å². The van der Waals surface area contributed by atoms with E-state index in [0.29, 0.717) is 5.92 Å². The Morgan fingerprint density at radius 2 is 1.71 bits per heavy atom. The summed E-state index contributed by atoms with van der Waals surface area (Å²) in [4.78, 5) is 0. The summed E-state index contributed by atoms with van der Waals surface area (Å²) < 4.78 is 27.6. The molecule has 0 amide bonds. The van der Waals surface area contributed by atoms with Gasteiger partial charge in [0.1, 0.15) is 0 Å². The minimum Gasteiger partial charge on any atom is -0.308 e. The molecule has 1 aromatic rings. The van der Waals surface area contributed by atoms with E-state index in [1.807, 2.05) is 6.92 Å². The van der Waals surface area contributed by atoms with Crippen molar-refractivity contribution in [2.45, 2.75) is 39.2 Å². The standard InChI is InChI=1S/C14H21F2N/c1-11(2)9-12(3)17-10-14(15,16)13-7-5-4-6-8-13/h4-8,11-12,17H,9-10H2,1-3H3. The lowest BCUT2D eigenvalue weighted by molar-refractivity contribution is -0.00578. The fourth-order valence-electron chi connectivity index (χ4n) is 1.88. The molecule has 3 heteroatoms. The van der Waals surface area contributed by atoms with Crippen LogP contribution in [0.15, 0.2) is 30.3 Å². The molecule has 0 aromatic heterocycles. The van der Waals surface area contributed by atoms with Crippen LogP contribution in [0.5, 0.6) is 0 Å². The summed E-state index contributed by atoms with van der Waals surface area (Å²) in [5.41, 5.74) is 0.0734. The van der Waals surface area contributed by atoms with Gasteiger partial charge in [-0.3, -0.25) is 0 Å². The molecule has 1 nitrogen and oxygen atoms in total. The van der Waals surface area contributed by atoms with Crippen LogP contribution in [0.3, 0.4) is 0 Å². The van der Waals surface area contributed by atoms with Crippen LogP contribution in [-0.2, 0) is 5.92 Å². The van der Waals surface area contributed by atoms with E-state index in [4.69, 9.17) is 0 Å². The number of rotatable bonds is 6. The van der Waals surface area contributed by atoms with Crippen LogP contribution in [0.25, 0.3) is 0 Å². The van der Waals surface area contributed by atoms with E-state index in [2.05, 4.69) is 19.2 Å². The van der Waals surface area contributed by atoms with E-state index < -0.39 is 5.92 Å². The van der Waals surface area contributed by atoms with Gasteiger partial charge in [-0.1, -0.05) is 44.2 Å². The van der Waals surface area contributed by atoms with Gasteiger partial charge >= 0.3 is 0 Å². The highest BCUT2D eigenvalue weighted by molar-refractivity contribution is 5.20. The molecule has 1 aromatic carbocycles. The van der Waals surface area contributed by atoms with Crippen LogP contribution in [-0.4, -0.2) is 12.6 Å². The normalized spacial score (nSPS) is 14.0. The van der Waals surface area contributed by atoms with Crippen molar-refractivity contribution in [1.29, 1.82) is 0 Å². The summed E-state index contributed by atoms with van der Waals surface area (Å²) in [6, 6.07) is 8.07. The SMILES string of the molecule is CC(C)CC(C)NCC(F)(F)c1ccccc1. The van der Waals surface area contributed by atoms with E-state index >= 15 is 0 Å². The molecule has 1 unspecified atom stereocenters. The summed E-state index contributed by atoms with van der Waals surface area (Å²) >= 11 is 0. The van der Waals surface area contributed by atoms with Crippen LogP contribution in [0, 0.1) is 5.92 Å². The third kappa shape index (κ3) is 4.82. The van der Waals surface area contributed by atoms with Gasteiger partial charge in [-0.15, -0.1) is 0 Å². The van der Waals surface area contributed by atoms with Crippen LogP contribution in [0.4, 0.5) is 8.78 Å². The van der Waals surface area contributed by atoms with Gasteiger partial charge < -0.3 is 5.32 Å². The number of benzene rings is 1. The van der Waals surface area contributed by atoms with Crippen molar-refractivity contribution >= 4 is 0 Å². The molecular weight excluding hydrogens is 220 g/mol. The van der Waals surface area contributed by atoms with E-state index in [1.165, 1.54) is 12.1 Å². The summed E-state index contributed by atoms with van der Waals surface area (Å²) in [5, 5.41) is 2.90. The molecule has 96 valence electrons. The number of hydrogen-bond acceptors (Lipinski definition) is 1. The van der Waals surface area contributed by atoms with E-state index in [1.54, 1.807) is 18.2 Å². The Bertz CT molecular complexity index is 322. The lowest BCUT2D eigenvalue weighted by Gasteiger charge is -2.21. The van der Waals surface area contributed by atoms with Gasteiger partial charge in [0.05, 0.1) is 6.54 Å². The highest BCUT2D eigenvalue weighted by atomic mass is 19.3. The summed E-state index contributed by atoms with van der Waals surface area (Å²) in [7, 11) is 0. The maximum Gasteiger partial charge on any atom is 0.285 e. The highest BCUT2D eigenvalue weighted by Crippen LogP contribution is 2.26. The van der Waals surface area contributed by atoms with Crippen molar-refractivity contribution in [2.75, 3.05) is 6.54 Å². The third-order valence-corrected chi connectivity index (χ3v) is 2.69. The molecule has 0 aliphatic carbocycles. The molecule has 17 heavy (non-hydrogen) atoms. The summed E-state index contributed by atoms with van der Waals surface area (Å²) in [6.45, 7) is 5.83. The smallest absolute Gasteiger partial charge is 0.285 e. The van der Waals surface area contributed by atoms with Crippen LogP contribution in [0.2, 0.25) is 0 Å². The lowest BCUT2D eigenvalue weighted by Crippen LogP contribution is -2.37. The minimum atomic E-state index is -2.80. The molecule has 1 N–H and O–H groups in total. The molecule has 0 fully saturated rings. The minimum absolute atomic E-state index is 0.0734. The van der Waals surface area contributed by atoms with Crippen molar-refractivity contribution in [3.05, 3.63) is 35.9 Å². The molecule has 0 saturated heterocycles. The van der Waals surface area contributed by atoms with Crippen molar-refractivity contribution in [2.24, 2.45) is 5.92 Å². The predicted molar refractivity (Wildman–Crippen MR) is 67.3 cm³/mol. The van der Waals surface area contributed by atoms with Crippen molar-refractivity contribution in [3.8, 4) is 0 Å². The van der Waals surface area contributed by atoms with E-state index in [-0.39, 0.29) is 18.2 Å². The second-order valence-corrected chi connectivity index (χ2v) is 4.98. The predicted octanol–water partition coefficient (Wildman–Crippen LogP) is 3.80. The van der Waals surface area contributed by atoms with Crippen LogP contribution >= 0.6 is 0 Å². The molecular formula is C14H21F2N. The Kier molecular flexibility index (Phi) is 5.06. The fraction of sp³-hybridized carbons (Fsp3) is 0.571. The van der Waals surface area contributed by atoms with Gasteiger partial charge in [-0.05, 0) is 19.3 Å². The first-order valence-electron chi connectivity index (χ1n) is 6.08. The fourth-order valence-corrected chi connectivity index (χ4v) is 1.88. The third-order valence-electron chi connectivity index (χ3n) is 2.69. The first-order valence-corrected chi connectivity index (χ1v) is 6.08. The number of hydrogen-bond donors (Lipinski definition) is 1. The second-order valence-electron chi connectivity index (χ2n) is 4.98. The molecule has 0 spiro atoms. The molecule has 0 saturated carbocycles. The molecule has 1 atom stereocenters. The Morgan fingerprint density at radius 1 is 1.12 bits per heavy atom. The molecule has 1 rings (SSSR count). The first kappa shape index (κ1) is 14.1. The Hall–Kier alpha value is -0.960. The van der Waals surface area contributed by atoms with Gasteiger partial charge in [0.15, 0.2) is 0 Å². The van der Waals surface area contributed by atoms with Gasteiger partial charge in [0, 0.05) is 11.6 Å². The maximum absolute atomic E-state index is 13.8. The van der Waals surface area contributed by atoms with E-state index in [0.717, 1.165) is 6.42 Å². The lowest BCUT2D eigenvalue weighted by atomic mass is 10.0. The molecule has 0 bridgehead atoms. The van der Waals surface area contributed by atoms with Gasteiger partial charge in [0.2, 0.25) is 0 Å². The van der Waals surface area contributed by atoms with Gasteiger partial charge in [-0.2, -0.15) is 8.78 Å². The number of alkyl halides is 2. The molecule has 0 aliphatic heterocycles. The second kappa shape index (κ2) is 6.10. The van der Waals surface area contributed by atoms with Crippen molar-refractivity contribution in [1.82, 2.24) is 5.32 Å². The zero-order valence-electron chi connectivity index (χ0n) is 10.7.